The number of aliphatic hydroxyl groups is 1. The summed E-state index contributed by atoms with van der Waals surface area (Å²) in [5.41, 5.74) is 3.59. The Morgan fingerprint density at radius 2 is 1.97 bits per heavy atom. The average Bonchev–Trinajstić information content (AvgIpc) is 3.59. The smallest absolute Gasteiger partial charge is 0.180 e. The second kappa shape index (κ2) is 7.26. The van der Waals surface area contributed by atoms with Gasteiger partial charge in [-0.3, -0.25) is 0 Å². The number of fused-ring (bicyclic) bond motifs is 3. The second-order valence-electron chi connectivity index (χ2n) is 7.86. The Morgan fingerprint density at radius 3 is 2.73 bits per heavy atom. The fourth-order valence-electron chi connectivity index (χ4n) is 4.36. The molecule has 8 nitrogen and oxygen atoms in total. The highest BCUT2D eigenvalue weighted by molar-refractivity contribution is 6.30. The predicted octanol–water partition coefficient (Wildman–Crippen LogP) is 4.21. The van der Waals surface area contributed by atoms with Crippen molar-refractivity contribution < 1.29 is 9.52 Å². The molecule has 1 unspecified atom stereocenters. The fourth-order valence-corrected chi connectivity index (χ4v) is 4.55. The number of halogens is 1. The lowest BCUT2D eigenvalue weighted by Crippen LogP contribution is -2.30. The molecule has 0 bridgehead atoms. The Morgan fingerprint density at radius 1 is 1.06 bits per heavy atom. The maximum atomic E-state index is 12.1. The minimum atomic E-state index is -1.49. The molecule has 0 saturated heterocycles. The lowest BCUT2D eigenvalue weighted by Gasteiger charge is -2.28. The number of furan rings is 1. The van der Waals surface area contributed by atoms with Gasteiger partial charge in [0.15, 0.2) is 11.2 Å². The lowest BCUT2D eigenvalue weighted by molar-refractivity contribution is 0.117. The molecule has 162 valence electrons. The topological polar surface area (TPSA) is 94.3 Å². The summed E-state index contributed by atoms with van der Waals surface area (Å²) in [5.74, 6) is 0. The lowest BCUT2D eigenvalue weighted by atomic mass is 9.84. The van der Waals surface area contributed by atoms with Crippen LogP contribution in [0.2, 0.25) is 5.02 Å². The molecule has 1 atom stereocenters. The number of aromatic nitrogens is 6. The first kappa shape index (κ1) is 19.7. The van der Waals surface area contributed by atoms with Gasteiger partial charge in [-0.05, 0) is 63.5 Å². The van der Waals surface area contributed by atoms with Crippen LogP contribution < -0.4 is 0 Å². The zero-order valence-electron chi connectivity index (χ0n) is 17.4. The Hall–Kier alpha value is -4.01. The highest BCUT2D eigenvalue weighted by Crippen LogP contribution is 2.40. The van der Waals surface area contributed by atoms with E-state index in [0.29, 0.717) is 27.5 Å². The van der Waals surface area contributed by atoms with Gasteiger partial charge in [0.25, 0.3) is 0 Å². The van der Waals surface area contributed by atoms with Gasteiger partial charge in [-0.2, -0.15) is 4.52 Å². The van der Waals surface area contributed by atoms with Crippen molar-refractivity contribution in [1.82, 2.24) is 29.6 Å². The van der Waals surface area contributed by atoms with E-state index in [-0.39, 0.29) is 0 Å². The molecule has 6 rings (SSSR count). The van der Waals surface area contributed by atoms with Crippen LogP contribution in [-0.2, 0) is 12.6 Å². The molecule has 0 aliphatic heterocycles. The van der Waals surface area contributed by atoms with E-state index in [9.17, 15) is 5.11 Å². The van der Waals surface area contributed by atoms with Crippen molar-refractivity contribution in [2.24, 2.45) is 7.05 Å². The van der Waals surface area contributed by atoms with Gasteiger partial charge in [-0.25, -0.2) is 4.98 Å². The summed E-state index contributed by atoms with van der Waals surface area (Å²) in [7, 11) is 1.84. The molecule has 2 aromatic carbocycles. The van der Waals surface area contributed by atoms with Gasteiger partial charge in [0.05, 0.1) is 36.3 Å². The average molecular weight is 457 g/mol. The highest BCUT2D eigenvalue weighted by atomic mass is 35.5. The largest absolute Gasteiger partial charge is 0.472 e. The number of imidazole rings is 1. The maximum Gasteiger partial charge on any atom is 0.180 e. The van der Waals surface area contributed by atoms with Gasteiger partial charge >= 0.3 is 0 Å². The third-order valence-electron chi connectivity index (χ3n) is 5.96. The first-order valence-electron chi connectivity index (χ1n) is 10.2. The van der Waals surface area contributed by atoms with E-state index >= 15 is 0 Å². The molecule has 0 spiro atoms. The van der Waals surface area contributed by atoms with Gasteiger partial charge in [0.1, 0.15) is 0 Å². The van der Waals surface area contributed by atoms with Crippen LogP contribution in [-0.4, -0.2) is 34.7 Å². The van der Waals surface area contributed by atoms with E-state index < -0.39 is 5.60 Å². The maximum absolute atomic E-state index is 12.1. The summed E-state index contributed by atoms with van der Waals surface area (Å²) in [6, 6.07) is 17.0. The summed E-state index contributed by atoms with van der Waals surface area (Å²) in [6.07, 6.45) is 6.39. The van der Waals surface area contributed by atoms with Crippen LogP contribution in [0.1, 0.15) is 16.8 Å². The van der Waals surface area contributed by atoms with E-state index in [0.717, 1.165) is 22.0 Å². The molecule has 1 N–H and O–H groups in total. The molecule has 4 heterocycles. The van der Waals surface area contributed by atoms with Gasteiger partial charge in [0, 0.05) is 23.0 Å². The van der Waals surface area contributed by atoms with Crippen molar-refractivity contribution in [1.29, 1.82) is 0 Å². The van der Waals surface area contributed by atoms with Crippen LogP contribution in [0, 0.1) is 0 Å². The van der Waals surface area contributed by atoms with Gasteiger partial charge in [-0.1, -0.05) is 29.8 Å². The Bertz CT molecular complexity index is 1620. The van der Waals surface area contributed by atoms with Crippen LogP contribution in [0.25, 0.3) is 27.7 Å². The van der Waals surface area contributed by atoms with Crippen molar-refractivity contribution in [3.63, 3.8) is 0 Å². The number of hydrogen-bond acceptors (Lipinski definition) is 6. The summed E-state index contributed by atoms with van der Waals surface area (Å²) >= 11 is 6.29. The normalized spacial score (nSPS) is 13.5. The van der Waals surface area contributed by atoms with E-state index in [1.54, 1.807) is 40.2 Å². The Balaban J connectivity index is 1.69. The summed E-state index contributed by atoms with van der Waals surface area (Å²) in [4.78, 5) is 4.22. The minimum absolute atomic E-state index is 0.596. The third kappa shape index (κ3) is 2.95. The molecule has 4 aromatic heterocycles. The molecule has 33 heavy (non-hydrogen) atoms. The monoisotopic (exact) mass is 456 g/mol. The van der Waals surface area contributed by atoms with Gasteiger partial charge in [0.2, 0.25) is 0 Å². The molecule has 0 radical (unpaired) electrons. The Labute approximate surface area is 192 Å². The first-order valence-corrected chi connectivity index (χ1v) is 10.6. The van der Waals surface area contributed by atoms with Crippen LogP contribution in [0.4, 0.5) is 0 Å². The van der Waals surface area contributed by atoms with E-state index in [1.165, 1.54) is 0 Å². The molecule has 0 amide bonds. The van der Waals surface area contributed by atoms with E-state index in [4.69, 9.17) is 16.0 Å². The molecule has 0 aliphatic carbocycles. The zero-order chi connectivity index (χ0) is 22.6. The minimum Gasteiger partial charge on any atom is -0.472 e. The molecule has 6 aromatic rings. The quantitative estimate of drug-likeness (QED) is 0.427. The predicted molar refractivity (Wildman–Crippen MR) is 123 cm³/mol. The van der Waals surface area contributed by atoms with Crippen LogP contribution >= 0.6 is 11.6 Å². The molecular formula is C24H17ClN6O2. The van der Waals surface area contributed by atoms with E-state index in [1.807, 2.05) is 55.6 Å². The van der Waals surface area contributed by atoms with Crippen LogP contribution in [0.3, 0.4) is 0 Å². The Kier molecular flexibility index (Phi) is 4.33. The van der Waals surface area contributed by atoms with Crippen LogP contribution in [0.15, 0.2) is 84.1 Å². The van der Waals surface area contributed by atoms with Gasteiger partial charge < -0.3 is 14.1 Å². The number of tetrazole rings is 1. The summed E-state index contributed by atoms with van der Waals surface area (Å²) in [6.45, 7) is 0. The molecule has 0 fully saturated rings. The molecular weight excluding hydrogens is 440 g/mol. The number of nitrogens with zero attached hydrogens (tertiary/aromatic N) is 6. The standard InChI is InChI=1S/C24H17ClN6O2/c1-30-14-26-12-22(30)24(32,17-7-8-33-13-17)16-5-6-21-20(10-16)19(11-23-27-28-29-31(21)23)15-3-2-4-18(25)9-15/h2-14,32H,1H3. The zero-order valence-corrected chi connectivity index (χ0v) is 18.2. The first-order chi connectivity index (χ1) is 16.1. The fraction of sp³-hybridized carbons (Fsp3) is 0.0833. The molecule has 9 heteroatoms. The van der Waals surface area contributed by atoms with Crippen molar-refractivity contribution in [3.8, 4) is 11.1 Å². The summed E-state index contributed by atoms with van der Waals surface area (Å²) in [5, 5.41) is 25.7. The number of pyridine rings is 1. The second-order valence-corrected chi connectivity index (χ2v) is 8.30. The van der Waals surface area contributed by atoms with Crippen molar-refractivity contribution in [2.45, 2.75) is 5.60 Å². The third-order valence-corrected chi connectivity index (χ3v) is 6.20. The van der Waals surface area contributed by atoms with Crippen molar-refractivity contribution in [2.75, 3.05) is 0 Å². The summed E-state index contributed by atoms with van der Waals surface area (Å²) < 4.78 is 8.79. The number of aryl methyl sites for hydroxylation is 1. The van der Waals surface area contributed by atoms with Gasteiger partial charge in [-0.15, -0.1) is 5.10 Å². The highest BCUT2D eigenvalue weighted by Gasteiger charge is 2.38. The number of hydrogen-bond donors (Lipinski definition) is 1. The van der Waals surface area contributed by atoms with E-state index in [2.05, 4.69) is 20.5 Å². The SMILES string of the molecule is Cn1cncc1C(O)(c1ccoc1)c1ccc2c(c1)c(-c1cccc(Cl)c1)cc1nnnn12. The molecule has 0 saturated carbocycles. The number of rotatable bonds is 4. The molecule has 0 aliphatic rings. The van der Waals surface area contributed by atoms with Crippen molar-refractivity contribution >= 4 is 28.2 Å². The number of benzene rings is 2. The van der Waals surface area contributed by atoms with Crippen molar-refractivity contribution in [3.05, 3.63) is 101 Å². The van der Waals surface area contributed by atoms with Crippen LogP contribution in [0.5, 0.6) is 0 Å².